The summed E-state index contributed by atoms with van der Waals surface area (Å²) in [6.45, 7) is 1.88. The number of para-hydroxylation sites is 2. The predicted molar refractivity (Wildman–Crippen MR) is 124 cm³/mol. The summed E-state index contributed by atoms with van der Waals surface area (Å²) in [6.07, 6.45) is -0.920. The Hall–Kier alpha value is -3.16. The van der Waals surface area contributed by atoms with Crippen molar-refractivity contribution in [3.05, 3.63) is 88.4 Å². The van der Waals surface area contributed by atoms with Crippen LogP contribution in [0.5, 0.6) is 5.75 Å². The van der Waals surface area contributed by atoms with E-state index >= 15 is 0 Å². The number of benzene rings is 3. The van der Waals surface area contributed by atoms with Crippen molar-refractivity contribution >= 4 is 39.1 Å². The number of amides is 2. The zero-order valence-corrected chi connectivity index (χ0v) is 19.2. The molecule has 0 aliphatic carbocycles. The van der Waals surface area contributed by atoms with Crippen LogP contribution in [0.4, 0.5) is 11.4 Å². The Kier molecular flexibility index (Phi) is 5.23. The van der Waals surface area contributed by atoms with Crippen molar-refractivity contribution in [2.24, 2.45) is 5.92 Å². The number of carbonyl (C=O) groups excluding carboxylic acids is 2. The average Bonchev–Trinajstić information content (AvgIpc) is 3.31. The maximum atomic E-state index is 13.7. The molecule has 0 spiro atoms. The Balaban J connectivity index is 1.65. The van der Waals surface area contributed by atoms with Crippen LogP contribution in [0, 0.1) is 12.8 Å². The van der Waals surface area contributed by atoms with Crippen LogP contribution in [-0.2, 0) is 14.4 Å². The molecule has 0 saturated carbocycles. The minimum absolute atomic E-state index is 0.278. The molecule has 2 aliphatic heterocycles. The number of aryl methyl sites for hydroxylation is 1. The molecular formula is C25H21BrN2O4. The summed E-state index contributed by atoms with van der Waals surface area (Å²) in [5.41, 5.74) is 2.97. The second-order valence-electron chi connectivity index (χ2n) is 7.84. The standard InChI is InChI=1S/C25H21BrN2O4/c1-15-8-6-7-11-19(15)27-24(29)21-22(18-14-16(26)12-13-20(18)31-2)28(32-23(21)25(27)30)17-9-4-3-5-10-17/h3-14,21-23H,1-2H3/t21-,22+,23-/m0/s1. The highest BCUT2D eigenvalue weighted by molar-refractivity contribution is 9.10. The fraction of sp³-hybridized carbons (Fsp3) is 0.200. The molecule has 162 valence electrons. The highest BCUT2D eigenvalue weighted by Gasteiger charge is 2.60. The van der Waals surface area contributed by atoms with E-state index in [1.807, 2.05) is 73.7 Å². The van der Waals surface area contributed by atoms with Crippen molar-refractivity contribution < 1.29 is 19.2 Å². The van der Waals surface area contributed by atoms with E-state index < -0.39 is 18.1 Å². The van der Waals surface area contributed by atoms with E-state index in [9.17, 15) is 9.59 Å². The molecular weight excluding hydrogens is 472 g/mol. The number of nitrogens with zero attached hydrogens (tertiary/aromatic N) is 2. The monoisotopic (exact) mass is 492 g/mol. The van der Waals surface area contributed by atoms with Crippen LogP contribution in [-0.4, -0.2) is 25.0 Å². The van der Waals surface area contributed by atoms with Gasteiger partial charge >= 0.3 is 0 Å². The number of rotatable bonds is 4. The molecule has 7 heteroatoms. The first-order valence-corrected chi connectivity index (χ1v) is 11.1. The van der Waals surface area contributed by atoms with Gasteiger partial charge in [-0.25, -0.2) is 9.96 Å². The van der Waals surface area contributed by atoms with Crippen LogP contribution in [0.1, 0.15) is 17.2 Å². The second-order valence-corrected chi connectivity index (χ2v) is 8.76. The number of halogens is 1. The third kappa shape index (κ3) is 3.20. The zero-order valence-electron chi connectivity index (χ0n) is 17.6. The number of hydrogen-bond acceptors (Lipinski definition) is 5. The van der Waals surface area contributed by atoms with E-state index in [1.54, 1.807) is 18.2 Å². The van der Waals surface area contributed by atoms with Gasteiger partial charge in [0.2, 0.25) is 5.91 Å². The van der Waals surface area contributed by atoms with Gasteiger partial charge in [-0.05, 0) is 48.9 Å². The van der Waals surface area contributed by atoms with Crippen molar-refractivity contribution in [1.29, 1.82) is 0 Å². The van der Waals surface area contributed by atoms with Gasteiger partial charge in [-0.2, -0.15) is 0 Å². The van der Waals surface area contributed by atoms with E-state index in [0.29, 0.717) is 11.4 Å². The lowest BCUT2D eigenvalue weighted by Crippen LogP contribution is -2.37. The third-order valence-electron chi connectivity index (χ3n) is 5.99. The number of hydrogen-bond donors (Lipinski definition) is 0. The minimum Gasteiger partial charge on any atom is -0.496 e. The number of methoxy groups -OCH3 is 1. The summed E-state index contributed by atoms with van der Waals surface area (Å²) >= 11 is 3.53. The Morgan fingerprint density at radius 2 is 1.66 bits per heavy atom. The van der Waals surface area contributed by atoms with Gasteiger partial charge < -0.3 is 4.74 Å². The summed E-state index contributed by atoms with van der Waals surface area (Å²) in [5.74, 6) is -0.727. The summed E-state index contributed by atoms with van der Waals surface area (Å²) in [7, 11) is 1.59. The Labute approximate surface area is 194 Å². The molecule has 3 aromatic carbocycles. The van der Waals surface area contributed by atoms with Crippen molar-refractivity contribution in [1.82, 2.24) is 0 Å². The normalized spacial score (nSPS) is 22.4. The zero-order chi connectivity index (χ0) is 22.4. The smallest absolute Gasteiger partial charge is 0.266 e. The number of carbonyl (C=O) groups is 2. The quantitative estimate of drug-likeness (QED) is 0.488. The Bertz CT molecular complexity index is 1200. The van der Waals surface area contributed by atoms with Crippen molar-refractivity contribution in [3.63, 3.8) is 0 Å². The SMILES string of the molecule is COc1ccc(Br)cc1[C@@H]1[C@@H]2C(=O)N(c3ccccc3C)C(=O)[C@H]2ON1c1ccccc1. The van der Waals surface area contributed by atoms with Gasteiger partial charge in [-0.1, -0.05) is 52.3 Å². The maximum Gasteiger partial charge on any atom is 0.266 e. The predicted octanol–water partition coefficient (Wildman–Crippen LogP) is 4.82. The molecule has 2 amide bonds. The Morgan fingerprint density at radius 1 is 0.938 bits per heavy atom. The van der Waals surface area contributed by atoms with E-state index in [0.717, 1.165) is 21.3 Å². The molecule has 32 heavy (non-hydrogen) atoms. The van der Waals surface area contributed by atoms with Gasteiger partial charge in [0.05, 0.1) is 24.5 Å². The van der Waals surface area contributed by atoms with Gasteiger partial charge in [0.1, 0.15) is 11.7 Å². The topological polar surface area (TPSA) is 59.1 Å². The van der Waals surface area contributed by atoms with E-state index in [-0.39, 0.29) is 11.8 Å². The molecule has 0 N–H and O–H groups in total. The van der Waals surface area contributed by atoms with Gasteiger partial charge in [-0.3, -0.25) is 14.4 Å². The summed E-state index contributed by atoms with van der Waals surface area (Å²) in [4.78, 5) is 34.7. The third-order valence-corrected chi connectivity index (χ3v) is 6.49. The molecule has 0 aromatic heterocycles. The molecule has 6 nitrogen and oxygen atoms in total. The summed E-state index contributed by atoms with van der Waals surface area (Å²) in [6, 6.07) is 22.0. The summed E-state index contributed by atoms with van der Waals surface area (Å²) in [5, 5.41) is 1.67. The van der Waals surface area contributed by atoms with Crippen molar-refractivity contribution in [3.8, 4) is 5.75 Å². The van der Waals surface area contributed by atoms with Crippen LogP contribution < -0.4 is 14.7 Å². The van der Waals surface area contributed by atoms with Crippen molar-refractivity contribution in [2.75, 3.05) is 17.1 Å². The fourth-order valence-electron chi connectivity index (χ4n) is 4.52. The molecule has 3 atom stereocenters. The fourth-order valence-corrected chi connectivity index (χ4v) is 4.90. The first-order chi connectivity index (χ1) is 15.5. The lowest BCUT2D eigenvalue weighted by atomic mass is 9.90. The van der Waals surface area contributed by atoms with Crippen LogP contribution in [0.2, 0.25) is 0 Å². The maximum absolute atomic E-state index is 13.7. The number of imide groups is 1. The number of ether oxygens (including phenoxy) is 1. The first-order valence-electron chi connectivity index (χ1n) is 10.3. The van der Waals surface area contributed by atoms with Crippen LogP contribution in [0.15, 0.2) is 77.3 Å². The van der Waals surface area contributed by atoms with Gasteiger partial charge in [0.25, 0.3) is 5.91 Å². The number of fused-ring (bicyclic) bond motifs is 1. The highest BCUT2D eigenvalue weighted by atomic mass is 79.9. The molecule has 2 saturated heterocycles. The highest BCUT2D eigenvalue weighted by Crippen LogP contribution is 2.50. The largest absolute Gasteiger partial charge is 0.496 e. The van der Waals surface area contributed by atoms with Crippen molar-refractivity contribution in [2.45, 2.75) is 19.1 Å². The second kappa shape index (κ2) is 8.07. The number of hydroxylamine groups is 1. The van der Waals surface area contributed by atoms with Gasteiger partial charge in [0.15, 0.2) is 6.10 Å². The number of anilines is 2. The van der Waals surface area contributed by atoms with Crippen LogP contribution >= 0.6 is 15.9 Å². The molecule has 3 aromatic rings. The molecule has 2 fully saturated rings. The molecule has 0 bridgehead atoms. The van der Waals surface area contributed by atoms with E-state index in [1.165, 1.54) is 4.90 Å². The molecule has 0 unspecified atom stereocenters. The molecule has 2 heterocycles. The average molecular weight is 493 g/mol. The molecule has 2 aliphatic rings. The molecule has 0 radical (unpaired) electrons. The van der Waals surface area contributed by atoms with E-state index in [2.05, 4.69) is 15.9 Å². The molecule has 5 rings (SSSR count). The minimum atomic E-state index is -0.920. The lowest BCUT2D eigenvalue weighted by molar-refractivity contribution is -0.126. The van der Waals surface area contributed by atoms with Crippen LogP contribution in [0.3, 0.4) is 0 Å². The van der Waals surface area contributed by atoms with E-state index in [4.69, 9.17) is 9.57 Å². The lowest BCUT2D eigenvalue weighted by Gasteiger charge is -2.30. The van der Waals surface area contributed by atoms with Gasteiger partial charge in [-0.15, -0.1) is 0 Å². The van der Waals surface area contributed by atoms with Crippen LogP contribution in [0.25, 0.3) is 0 Å². The first kappa shape index (κ1) is 20.7. The van der Waals surface area contributed by atoms with Gasteiger partial charge in [0, 0.05) is 10.0 Å². The summed E-state index contributed by atoms with van der Waals surface area (Å²) < 4.78 is 6.47. The Morgan fingerprint density at radius 3 is 2.38 bits per heavy atom.